The first-order valence-electron chi connectivity index (χ1n) is 5.71. The zero-order valence-corrected chi connectivity index (χ0v) is 11.7. The summed E-state index contributed by atoms with van der Waals surface area (Å²) in [5.74, 6) is 1.12. The Morgan fingerprint density at radius 3 is 2.65 bits per heavy atom. The summed E-state index contributed by atoms with van der Waals surface area (Å²) in [6.07, 6.45) is 0. The van der Waals surface area contributed by atoms with Crippen molar-refractivity contribution >= 4 is 28.5 Å². The van der Waals surface area contributed by atoms with Gasteiger partial charge in [-0.05, 0) is 23.1 Å². The number of halogens is 1. The summed E-state index contributed by atoms with van der Waals surface area (Å²) in [5.41, 5.74) is 1.55. The van der Waals surface area contributed by atoms with Crippen LogP contribution in [-0.2, 0) is 6.54 Å². The second-order valence-electron chi connectivity index (χ2n) is 5.05. The Labute approximate surface area is 112 Å². The third-order valence-electron chi connectivity index (χ3n) is 2.61. The van der Waals surface area contributed by atoms with Gasteiger partial charge in [0.1, 0.15) is 0 Å². The molecule has 0 bridgehead atoms. The van der Waals surface area contributed by atoms with Crippen molar-refractivity contribution in [3.05, 3.63) is 34.9 Å². The van der Waals surface area contributed by atoms with Crippen molar-refractivity contribution in [1.29, 1.82) is 0 Å². The molecule has 0 aromatic heterocycles. The van der Waals surface area contributed by atoms with Crippen LogP contribution in [0.25, 0.3) is 0 Å². The minimum atomic E-state index is 0.329. The molecule has 0 aliphatic carbocycles. The molecule has 1 aliphatic heterocycles. The average Bonchev–Trinajstić information content (AvgIpc) is 2.30. The molecule has 0 saturated carbocycles. The van der Waals surface area contributed by atoms with E-state index in [0.29, 0.717) is 5.41 Å². The predicted octanol–water partition coefficient (Wildman–Crippen LogP) is 3.56. The first-order valence-corrected chi connectivity index (χ1v) is 7.07. The summed E-state index contributed by atoms with van der Waals surface area (Å²) in [4.78, 5) is 4.56. The van der Waals surface area contributed by atoms with Crippen LogP contribution in [0.4, 0.5) is 0 Å². The van der Waals surface area contributed by atoms with Gasteiger partial charge in [0, 0.05) is 23.9 Å². The van der Waals surface area contributed by atoms with Crippen molar-refractivity contribution in [2.24, 2.45) is 10.4 Å². The van der Waals surface area contributed by atoms with Gasteiger partial charge in [-0.2, -0.15) is 0 Å². The Morgan fingerprint density at radius 1 is 1.35 bits per heavy atom. The van der Waals surface area contributed by atoms with Crippen LogP contribution in [0.1, 0.15) is 19.4 Å². The van der Waals surface area contributed by atoms with Crippen LogP contribution in [0.15, 0.2) is 29.3 Å². The van der Waals surface area contributed by atoms with Crippen molar-refractivity contribution in [3.8, 4) is 0 Å². The van der Waals surface area contributed by atoms with Crippen molar-refractivity contribution in [1.82, 2.24) is 5.32 Å². The summed E-state index contributed by atoms with van der Waals surface area (Å²) < 4.78 is 0. The lowest BCUT2D eigenvalue weighted by molar-refractivity contribution is 0.436. The maximum Gasteiger partial charge on any atom is 0.156 e. The van der Waals surface area contributed by atoms with Gasteiger partial charge in [-0.25, -0.2) is 0 Å². The Morgan fingerprint density at radius 2 is 2.06 bits per heavy atom. The summed E-state index contributed by atoms with van der Waals surface area (Å²) in [6, 6.07) is 7.90. The number of nitrogens with one attached hydrogen (secondary N) is 1. The molecular weight excluding hydrogens is 252 g/mol. The van der Waals surface area contributed by atoms with Gasteiger partial charge in [0.05, 0.1) is 0 Å². The zero-order valence-electron chi connectivity index (χ0n) is 10.2. The van der Waals surface area contributed by atoms with Gasteiger partial charge in [-0.3, -0.25) is 4.99 Å². The first-order chi connectivity index (χ1) is 8.05. The highest BCUT2D eigenvalue weighted by atomic mass is 35.5. The van der Waals surface area contributed by atoms with Crippen LogP contribution in [0.3, 0.4) is 0 Å². The third-order valence-corrected chi connectivity index (χ3v) is 4.33. The molecule has 0 atom stereocenters. The fourth-order valence-electron chi connectivity index (χ4n) is 1.53. The van der Waals surface area contributed by atoms with Crippen molar-refractivity contribution in [2.45, 2.75) is 20.4 Å². The van der Waals surface area contributed by atoms with Crippen molar-refractivity contribution in [3.63, 3.8) is 0 Å². The number of thioether (sulfide) groups is 1. The van der Waals surface area contributed by atoms with Gasteiger partial charge in [-0.15, -0.1) is 0 Å². The quantitative estimate of drug-likeness (QED) is 0.887. The van der Waals surface area contributed by atoms with Gasteiger partial charge in [0.15, 0.2) is 5.17 Å². The number of nitrogens with zero attached hydrogens (tertiary/aromatic N) is 1. The highest BCUT2D eigenvalue weighted by Gasteiger charge is 2.22. The van der Waals surface area contributed by atoms with Crippen LogP contribution in [0, 0.1) is 5.41 Å². The number of benzene rings is 1. The lowest BCUT2D eigenvalue weighted by Gasteiger charge is -2.27. The van der Waals surface area contributed by atoms with Gasteiger partial charge in [0.2, 0.25) is 0 Å². The summed E-state index contributed by atoms with van der Waals surface area (Å²) in [5, 5.41) is 5.20. The zero-order chi connectivity index (χ0) is 12.3. The maximum absolute atomic E-state index is 5.84. The topological polar surface area (TPSA) is 24.4 Å². The van der Waals surface area contributed by atoms with E-state index in [2.05, 4.69) is 24.2 Å². The first kappa shape index (κ1) is 12.8. The molecule has 0 amide bonds. The van der Waals surface area contributed by atoms with E-state index >= 15 is 0 Å². The monoisotopic (exact) mass is 268 g/mol. The minimum absolute atomic E-state index is 0.329. The molecule has 1 N–H and O–H groups in total. The smallest absolute Gasteiger partial charge is 0.156 e. The fourth-order valence-corrected chi connectivity index (χ4v) is 2.60. The SMILES string of the molecule is CC1(C)CN=C(NCc2ccc(Cl)cc2)SC1. The molecule has 2 nitrogen and oxygen atoms in total. The van der Waals surface area contributed by atoms with Gasteiger partial charge in [-0.1, -0.05) is 49.3 Å². The number of amidine groups is 1. The number of rotatable bonds is 2. The van der Waals surface area contributed by atoms with E-state index in [-0.39, 0.29) is 0 Å². The molecule has 0 fully saturated rings. The largest absolute Gasteiger partial charge is 0.361 e. The fraction of sp³-hybridized carbons (Fsp3) is 0.462. The van der Waals surface area contributed by atoms with E-state index < -0.39 is 0 Å². The summed E-state index contributed by atoms with van der Waals surface area (Å²) in [7, 11) is 0. The van der Waals surface area contributed by atoms with Crippen LogP contribution in [-0.4, -0.2) is 17.5 Å². The average molecular weight is 269 g/mol. The number of hydrogen-bond acceptors (Lipinski definition) is 3. The van der Waals surface area contributed by atoms with Crippen LogP contribution < -0.4 is 5.32 Å². The molecule has 0 radical (unpaired) electrons. The molecule has 1 aromatic carbocycles. The van der Waals surface area contributed by atoms with Crippen LogP contribution in [0.5, 0.6) is 0 Å². The van der Waals surface area contributed by atoms with E-state index in [9.17, 15) is 0 Å². The van der Waals surface area contributed by atoms with Gasteiger partial charge >= 0.3 is 0 Å². The number of hydrogen-bond donors (Lipinski definition) is 1. The lowest BCUT2D eigenvalue weighted by atomic mass is 9.97. The molecule has 1 aliphatic rings. The summed E-state index contributed by atoms with van der Waals surface area (Å²) in [6.45, 7) is 6.21. The Hall–Kier alpha value is -0.670. The van der Waals surface area contributed by atoms with E-state index in [0.717, 1.165) is 29.0 Å². The maximum atomic E-state index is 5.84. The second-order valence-corrected chi connectivity index (χ2v) is 6.45. The van der Waals surface area contributed by atoms with Crippen molar-refractivity contribution < 1.29 is 0 Å². The van der Waals surface area contributed by atoms with E-state index in [1.807, 2.05) is 24.3 Å². The Bertz CT molecular complexity index is 412. The van der Waals surface area contributed by atoms with Crippen molar-refractivity contribution in [2.75, 3.05) is 12.3 Å². The van der Waals surface area contributed by atoms with Gasteiger partial charge in [0.25, 0.3) is 0 Å². The molecule has 0 spiro atoms. The molecule has 1 heterocycles. The minimum Gasteiger partial charge on any atom is -0.361 e. The molecule has 2 rings (SSSR count). The van der Waals surface area contributed by atoms with Crippen LogP contribution in [0.2, 0.25) is 5.02 Å². The Balaban J connectivity index is 1.87. The molecule has 1 aromatic rings. The highest BCUT2D eigenvalue weighted by Crippen LogP contribution is 2.27. The molecule has 4 heteroatoms. The van der Waals surface area contributed by atoms with Crippen LogP contribution >= 0.6 is 23.4 Å². The van der Waals surface area contributed by atoms with Gasteiger partial charge < -0.3 is 5.32 Å². The molecular formula is C13H17ClN2S. The van der Waals surface area contributed by atoms with E-state index in [1.54, 1.807) is 11.8 Å². The molecule has 0 unspecified atom stereocenters. The van der Waals surface area contributed by atoms with E-state index in [4.69, 9.17) is 11.6 Å². The number of aliphatic imine (C=N–C) groups is 1. The lowest BCUT2D eigenvalue weighted by Crippen LogP contribution is -2.30. The normalized spacial score (nSPS) is 18.6. The third kappa shape index (κ3) is 3.93. The molecule has 0 saturated heterocycles. The molecule has 17 heavy (non-hydrogen) atoms. The predicted molar refractivity (Wildman–Crippen MR) is 76.8 cm³/mol. The second kappa shape index (κ2) is 5.32. The standard InChI is InChI=1S/C13H17ClN2S/c1-13(2)8-16-12(17-9-13)15-7-10-3-5-11(14)6-4-10/h3-6H,7-9H2,1-2H3,(H,15,16). The Kier molecular flexibility index (Phi) is 4.00. The molecule has 92 valence electrons. The summed E-state index contributed by atoms with van der Waals surface area (Å²) >= 11 is 7.65. The van der Waals surface area contributed by atoms with E-state index in [1.165, 1.54) is 5.56 Å². The highest BCUT2D eigenvalue weighted by molar-refractivity contribution is 8.13.